The molecule has 0 unspecified atom stereocenters. The van der Waals surface area contributed by atoms with Crippen molar-refractivity contribution in [2.45, 2.75) is 12.8 Å². The normalized spacial score (nSPS) is 13.5. The van der Waals surface area contributed by atoms with Gasteiger partial charge in [0.1, 0.15) is 5.52 Å². The third-order valence-electron chi connectivity index (χ3n) is 7.92. The number of imidazole rings is 1. The van der Waals surface area contributed by atoms with Crippen molar-refractivity contribution in [3.63, 3.8) is 0 Å². The molecule has 4 heteroatoms. The molecule has 4 heterocycles. The summed E-state index contributed by atoms with van der Waals surface area (Å²) in [6.45, 7) is 0. The molecule has 2 aliphatic rings. The van der Waals surface area contributed by atoms with Gasteiger partial charge in [-0.1, -0.05) is 36.4 Å². The highest BCUT2D eigenvalue weighted by atomic mass is 15.0. The Kier molecular flexibility index (Phi) is 3.11. The lowest BCUT2D eigenvalue weighted by Gasteiger charge is -2.09. The molecule has 0 atom stereocenters. The van der Waals surface area contributed by atoms with E-state index in [1.54, 1.807) is 0 Å². The molecule has 3 aromatic carbocycles. The van der Waals surface area contributed by atoms with E-state index in [9.17, 15) is 0 Å². The fourth-order valence-corrected chi connectivity index (χ4v) is 6.39. The summed E-state index contributed by atoms with van der Waals surface area (Å²) in [4.78, 5) is 14.2. The Morgan fingerprint density at radius 1 is 0.629 bits per heavy atom. The van der Waals surface area contributed by atoms with Gasteiger partial charge in [0.15, 0.2) is 5.65 Å². The van der Waals surface area contributed by atoms with Crippen molar-refractivity contribution in [2.75, 3.05) is 0 Å². The predicted octanol–water partition coefficient (Wildman–Crippen LogP) is 6.73. The molecular formula is C31H18N4. The van der Waals surface area contributed by atoms with E-state index in [0.29, 0.717) is 0 Å². The van der Waals surface area contributed by atoms with E-state index in [1.807, 2.05) is 24.7 Å². The van der Waals surface area contributed by atoms with E-state index in [4.69, 9.17) is 9.97 Å². The zero-order valence-electron chi connectivity index (χ0n) is 18.8. The zero-order chi connectivity index (χ0) is 22.7. The Hall–Kier alpha value is -4.57. The molecule has 2 aliphatic carbocycles. The molecule has 4 nitrogen and oxygen atoms in total. The van der Waals surface area contributed by atoms with Gasteiger partial charge in [-0.3, -0.25) is 14.4 Å². The van der Waals surface area contributed by atoms with Gasteiger partial charge in [0.25, 0.3) is 0 Å². The van der Waals surface area contributed by atoms with Crippen LogP contribution in [0.1, 0.15) is 22.3 Å². The summed E-state index contributed by atoms with van der Waals surface area (Å²) in [6.07, 6.45) is 7.64. The molecule has 0 bridgehead atoms. The number of benzene rings is 3. The Morgan fingerprint density at radius 3 is 2.43 bits per heavy atom. The number of hydrogen-bond acceptors (Lipinski definition) is 3. The second-order valence-corrected chi connectivity index (χ2v) is 9.74. The van der Waals surface area contributed by atoms with Crippen LogP contribution in [0.15, 0.2) is 85.3 Å². The molecule has 0 aliphatic heterocycles. The number of rotatable bonds is 0. The standard InChI is InChI=1S/C31H18N4/c1-2-5-21-17(4-1)10-18-11-19-12-20-13-27-29(15-25(20)24(19)14-23(18)21)35-28-7-9-32-16-26(28)22-6-3-8-33-30(22)31(35)34-27/h1-9,11,13-16H,10,12H2. The molecule has 0 saturated heterocycles. The Morgan fingerprint density at radius 2 is 1.46 bits per heavy atom. The van der Waals surface area contributed by atoms with Crippen LogP contribution in [0.5, 0.6) is 0 Å². The van der Waals surface area contributed by atoms with E-state index in [0.717, 1.165) is 51.3 Å². The van der Waals surface area contributed by atoms with Crippen molar-refractivity contribution >= 4 is 38.5 Å². The van der Waals surface area contributed by atoms with Crippen molar-refractivity contribution in [3.05, 3.63) is 108 Å². The third-order valence-corrected chi connectivity index (χ3v) is 7.92. The first-order valence-corrected chi connectivity index (χ1v) is 12.0. The van der Waals surface area contributed by atoms with Crippen molar-refractivity contribution in [1.29, 1.82) is 0 Å². The molecule has 162 valence electrons. The van der Waals surface area contributed by atoms with Crippen molar-refractivity contribution in [1.82, 2.24) is 19.4 Å². The summed E-state index contributed by atoms with van der Waals surface area (Å²) in [5.41, 5.74) is 16.2. The number of hydrogen-bond donors (Lipinski definition) is 0. The number of fused-ring (bicyclic) bond motifs is 14. The Labute approximate surface area is 200 Å². The molecule has 0 radical (unpaired) electrons. The minimum atomic E-state index is 0.904. The molecule has 0 N–H and O–H groups in total. The Balaban J connectivity index is 1.37. The van der Waals surface area contributed by atoms with Gasteiger partial charge in [-0.25, -0.2) is 4.98 Å². The quantitative estimate of drug-likeness (QED) is 0.243. The van der Waals surface area contributed by atoms with Crippen LogP contribution in [0.4, 0.5) is 0 Å². The first-order chi connectivity index (χ1) is 17.3. The highest BCUT2D eigenvalue weighted by Gasteiger charge is 2.26. The highest BCUT2D eigenvalue weighted by molar-refractivity contribution is 6.12. The van der Waals surface area contributed by atoms with E-state index in [2.05, 4.69) is 70.0 Å². The second-order valence-electron chi connectivity index (χ2n) is 9.74. The van der Waals surface area contributed by atoms with Gasteiger partial charge in [0.05, 0.1) is 16.6 Å². The van der Waals surface area contributed by atoms with Crippen LogP contribution in [0.25, 0.3) is 60.7 Å². The number of pyridine rings is 3. The molecule has 35 heavy (non-hydrogen) atoms. The van der Waals surface area contributed by atoms with E-state index >= 15 is 0 Å². The zero-order valence-corrected chi connectivity index (χ0v) is 18.8. The maximum Gasteiger partial charge on any atom is 0.165 e. The van der Waals surface area contributed by atoms with Crippen LogP contribution in [-0.2, 0) is 12.8 Å². The SMILES string of the molecule is c1ccc2c(c1)Cc1cc3c(cc1-2)-c1cc2c(cc1C3)nc1c3ncccc3c3cnccc3n21. The van der Waals surface area contributed by atoms with Gasteiger partial charge in [-0.05, 0) is 87.7 Å². The van der Waals surface area contributed by atoms with Crippen molar-refractivity contribution in [3.8, 4) is 22.3 Å². The minimum absolute atomic E-state index is 0.904. The summed E-state index contributed by atoms with van der Waals surface area (Å²) in [5, 5.41) is 2.18. The van der Waals surface area contributed by atoms with E-state index in [-0.39, 0.29) is 0 Å². The molecule has 7 aromatic rings. The molecule has 0 amide bonds. The summed E-state index contributed by atoms with van der Waals surface area (Å²) >= 11 is 0. The lowest BCUT2D eigenvalue weighted by Crippen LogP contribution is -1.93. The van der Waals surface area contributed by atoms with Crippen LogP contribution < -0.4 is 0 Å². The van der Waals surface area contributed by atoms with Crippen LogP contribution >= 0.6 is 0 Å². The average molecular weight is 447 g/mol. The van der Waals surface area contributed by atoms with Gasteiger partial charge < -0.3 is 0 Å². The second kappa shape index (κ2) is 6.10. The summed E-state index contributed by atoms with van der Waals surface area (Å²) < 4.78 is 2.27. The van der Waals surface area contributed by atoms with Gasteiger partial charge in [-0.2, -0.15) is 0 Å². The molecular weight excluding hydrogens is 428 g/mol. The maximum atomic E-state index is 5.11. The molecule has 0 spiro atoms. The topological polar surface area (TPSA) is 43.1 Å². The largest absolute Gasteiger partial charge is 0.290 e. The number of aromatic nitrogens is 4. The highest BCUT2D eigenvalue weighted by Crippen LogP contribution is 2.46. The monoisotopic (exact) mass is 446 g/mol. The molecule has 4 aromatic heterocycles. The van der Waals surface area contributed by atoms with Crippen LogP contribution in [-0.4, -0.2) is 19.4 Å². The van der Waals surface area contributed by atoms with Gasteiger partial charge in [0.2, 0.25) is 0 Å². The third kappa shape index (κ3) is 2.20. The number of nitrogens with zero attached hydrogens (tertiary/aromatic N) is 4. The smallest absolute Gasteiger partial charge is 0.165 e. The van der Waals surface area contributed by atoms with Gasteiger partial charge >= 0.3 is 0 Å². The Bertz CT molecular complexity index is 2070. The first-order valence-electron chi connectivity index (χ1n) is 12.0. The van der Waals surface area contributed by atoms with E-state index < -0.39 is 0 Å². The van der Waals surface area contributed by atoms with Crippen molar-refractivity contribution in [2.24, 2.45) is 0 Å². The summed E-state index contributed by atoms with van der Waals surface area (Å²) in [6, 6.07) is 24.5. The van der Waals surface area contributed by atoms with E-state index in [1.165, 1.54) is 44.5 Å². The maximum absolute atomic E-state index is 5.11. The van der Waals surface area contributed by atoms with Crippen LogP contribution in [0.3, 0.4) is 0 Å². The van der Waals surface area contributed by atoms with Gasteiger partial charge in [-0.15, -0.1) is 0 Å². The lowest BCUT2D eigenvalue weighted by atomic mass is 9.98. The van der Waals surface area contributed by atoms with Crippen LogP contribution in [0.2, 0.25) is 0 Å². The molecule has 0 saturated carbocycles. The van der Waals surface area contributed by atoms with Crippen molar-refractivity contribution < 1.29 is 0 Å². The van der Waals surface area contributed by atoms with Gasteiger partial charge in [0, 0.05) is 29.4 Å². The lowest BCUT2D eigenvalue weighted by molar-refractivity contribution is 1.21. The molecule has 0 fully saturated rings. The minimum Gasteiger partial charge on any atom is -0.290 e. The fraction of sp³-hybridized carbons (Fsp3) is 0.0645. The van der Waals surface area contributed by atoms with Crippen LogP contribution in [0, 0.1) is 0 Å². The first kappa shape index (κ1) is 17.8. The average Bonchev–Trinajstić information content (AvgIpc) is 3.56. The predicted molar refractivity (Wildman–Crippen MR) is 140 cm³/mol. The molecule has 9 rings (SSSR count). The fourth-order valence-electron chi connectivity index (χ4n) is 6.39. The summed E-state index contributed by atoms with van der Waals surface area (Å²) in [7, 11) is 0. The summed E-state index contributed by atoms with van der Waals surface area (Å²) in [5.74, 6) is 0.